The van der Waals surface area contributed by atoms with Crippen LogP contribution in [0.2, 0.25) is 0 Å². The fraction of sp³-hybridized carbons (Fsp3) is 0.243. The number of unbranched alkanes of at least 4 members (excludes halogenated alkanes) is 2. The van der Waals surface area contributed by atoms with Crippen LogP contribution in [0.4, 0.5) is 9.52 Å². The van der Waals surface area contributed by atoms with Gasteiger partial charge < -0.3 is 19.3 Å². The van der Waals surface area contributed by atoms with Gasteiger partial charge in [0.2, 0.25) is 5.13 Å². The maximum absolute atomic E-state index is 14.7. The van der Waals surface area contributed by atoms with Crippen LogP contribution in [0, 0.1) is 5.82 Å². The lowest BCUT2D eigenvalue weighted by atomic mass is 9.95. The number of aromatic nitrogens is 2. The van der Waals surface area contributed by atoms with E-state index in [4.69, 9.17) is 14.2 Å². The van der Waals surface area contributed by atoms with Crippen LogP contribution < -0.4 is 19.1 Å². The zero-order valence-corrected chi connectivity index (χ0v) is 28.8. The van der Waals surface area contributed by atoms with E-state index in [1.165, 1.54) is 43.0 Å². The topological polar surface area (TPSA) is 111 Å². The summed E-state index contributed by atoms with van der Waals surface area (Å²) in [5.74, 6) is -1.66. The van der Waals surface area contributed by atoms with Crippen LogP contribution in [0.25, 0.3) is 16.5 Å². The van der Waals surface area contributed by atoms with E-state index >= 15 is 0 Å². The second-order valence-corrected chi connectivity index (χ2v) is 13.4. The van der Waals surface area contributed by atoms with Crippen molar-refractivity contribution in [2.45, 2.75) is 42.3 Å². The second kappa shape index (κ2) is 15.1. The summed E-state index contributed by atoms with van der Waals surface area (Å²) in [5, 5.41) is 22.6. The van der Waals surface area contributed by atoms with Crippen molar-refractivity contribution < 1.29 is 33.3 Å². The smallest absolute Gasteiger partial charge is 0.301 e. The molecule has 1 amide bonds. The number of benzene rings is 4. The number of carbonyl (C=O) groups is 2. The van der Waals surface area contributed by atoms with Crippen LogP contribution >= 0.6 is 23.1 Å². The monoisotopic (exact) mass is 699 g/mol. The predicted octanol–water partition coefficient (Wildman–Crippen LogP) is 8.34. The molecule has 0 unspecified atom stereocenters. The van der Waals surface area contributed by atoms with Gasteiger partial charge in [0.25, 0.3) is 5.78 Å². The Morgan fingerprint density at radius 1 is 0.939 bits per heavy atom. The molecule has 1 saturated heterocycles. The molecule has 0 bridgehead atoms. The van der Waals surface area contributed by atoms with Gasteiger partial charge >= 0.3 is 5.91 Å². The lowest BCUT2D eigenvalue weighted by molar-refractivity contribution is -0.132. The van der Waals surface area contributed by atoms with E-state index in [2.05, 4.69) is 41.4 Å². The minimum atomic E-state index is -1.13. The van der Waals surface area contributed by atoms with Gasteiger partial charge in [0.1, 0.15) is 5.76 Å². The fourth-order valence-electron chi connectivity index (χ4n) is 5.74. The number of ether oxygens (including phenoxy) is 3. The van der Waals surface area contributed by atoms with Gasteiger partial charge in [0.05, 0.1) is 32.4 Å². The Balaban J connectivity index is 1.38. The Morgan fingerprint density at radius 2 is 1.71 bits per heavy atom. The van der Waals surface area contributed by atoms with Crippen molar-refractivity contribution in [3.63, 3.8) is 0 Å². The molecule has 9 nitrogen and oxygen atoms in total. The van der Waals surface area contributed by atoms with Crippen LogP contribution in [0.3, 0.4) is 0 Å². The Hall–Kier alpha value is -4.94. The van der Waals surface area contributed by atoms with Crippen molar-refractivity contribution in [1.29, 1.82) is 0 Å². The number of anilines is 1. The Morgan fingerprint density at radius 3 is 2.49 bits per heavy atom. The van der Waals surface area contributed by atoms with E-state index in [0.717, 1.165) is 53.0 Å². The van der Waals surface area contributed by atoms with E-state index in [0.29, 0.717) is 33.8 Å². The van der Waals surface area contributed by atoms with E-state index < -0.39 is 29.3 Å². The molecular formula is C37H34FN3O6S2. The molecule has 1 aromatic heterocycles. The minimum absolute atomic E-state index is 0.00717. The number of aliphatic hydroxyl groups excluding tert-OH is 1. The lowest BCUT2D eigenvalue weighted by Crippen LogP contribution is -2.29. The molecule has 1 aliphatic rings. The third-order valence-corrected chi connectivity index (χ3v) is 10.3. The number of Topliss-reactive ketones (excluding diaryl/α,β-unsaturated/α-hetero) is 1. The van der Waals surface area contributed by atoms with Gasteiger partial charge in [0.15, 0.2) is 27.4 Å². The Bertz CT molecular complexity index is 2040. The highest BCUT2D eigenvalue weighted by atomic mass is 32.2. The summed E-state index contributed by atoms with van der Waals surface area (Å²) in [6.45, 7) is 2.60. The number of ketones is 1. The first-order valence-electron chi connectivity index (χ1n) is 15.7. The maximum atomic E-state index is 14.7. The molecule has 0 spiro atoms. The van der Waals surface area contributed by atoms with Crippen LogP contribution in [-0.2, 0) is 15.3 Å². The number of fused-ring (bicyclic) bond motifs is 1. The highest BCUT2D eigenvalue weighted by Gasteiger charge is 2.48. The Labute approximate surface area is 291 Å². The first-order chi connectivity index (χ1) is 23.8. The van der Waals surface area contributed by atoms with Gasteiger partial charge in [-0.15, -0.1) is 10.2 Å². The largest absolute Gasteiger partial charge is 0.507 e. The van der Waals surface area contributed by atoms with Gasteiger partial charge in [0, 0.05) is 11.3 Å². The van der Waals surface area contributed by atoms with Gasteiger partial charge in [-0.25, -0.2) is 4.39 Å². The highest BCUT2D eigenvalue weighted by molar-refractivity contribution is 8.00. The third-order valence-electron chi connectivity index (χ3n) is 8.21. The van der Waals surface area contributed by atoms with Crippen molar-refractivity contribution in [2.24, 2.45) is 0 Å². The number of hydrogen-bond acceptors (Lipinski definition) is 10. The summed E-state index contributed by atoms with van der Waals surface area (Å²) in [4.78, 5) is 28.7. The fourth-order valence-corrected chi connectivity index (χ4v) is 7.61. The van der Waals surface area contributed by atoms with E-state index in [-0.39, 0.29) is 22.0 Å². The van der Waals surface area contributed by atoms with Crippen molar-refractivity contribution in [1.82, 2.24) is 10.2 Å². The van der Waals surface area contributed by atoms with E-state index in [9.17, 15) is 19.1 Å². The standard InChI is InChI=1S/C37H34FN3O6S2/c1-4-5-8-18-47-29-17-14-23(20-30(29)46-3)32-31(33(42)24-15-16-28(45-2)27(38)19-24)34(43)35(44)41(32)36-39-40-37(49-36)48-21-25-12-9-11-22-10-6-7-13-26(22)25/h6-7,9-17,19-20,32,42H,4-5,8,18,21H2,1-3H3/t32-/m1/s1. The van der Waals surface area contributed by atoms with Crippen molar-refractivity contribution in [2.75, 3.05) is 25.7 Å². The van der Waals surface area contributed by atoms with Crippen molar-refractivity contribution in [3.05, 3.63) is 107 Å². The molecule has 2 heterocycles. The molecule has 1 fully saturated rings. The van der Waals surface area contributed by atoms with Crippen LogP contribution in [0.15, 0.2) is 88.8 Å². The molecule has 12 heteroatoms. The molecule has 0 saturated carbocycles. The molecular weight excluding hydrogens is 666 g/mol. The molecule has 4 aromatic carbocycles. The number of nitrogens with zero attached hydrogens (tertiary/aromatic N) is 3. The van der Waals surface area contributed by atoms with Gasteiger partial charge in [-0.1, -0.05) is 91.4 Å². The zero-order valence-electron chi connectivity index (χ0n) is 27.1. The lowest BCUT2D eigenvalue weighted by Gasteiger charge is -2.23. The first-order valence-corrected chi connectivity index (χ1v) is 17.5. The molecule has 0 aliphatic carbocycles. The SMILES string of the molecule is CCCCCOc1ccc([C@@H]2C(=C(O)c3ccc(OC)c(F)c3)C(=O)C(=O)N2c2nnc(SCc3cccc4ccccc34)s2)cc1OC. The average molecular weight is 700 g/mol. The summed E-state index contributed by atoms with van der Waals surface area (Å²) in [6, 6.07) is 22.0. The van der Waals surface area contributed by atoms with Crippen LogP contribution in [0.5, 0.6) is 17.2 Å². The van der Waals surface area contributed by atoms with Gasteiger partial charge in [-0.2, -0.15) is 0 Å². The molecule has 49 heavy (non-hydrogen) atoms. The molecule has 252 valence electrons. The third kappa shape index (κ3) is 6.97. The number of rotatable bonds is 13. The van der Waals surface area contributed by atoms with Crippen LogP contribution in [-0.4, -0.2) is 47.8 Å². The molecule has 0 radical (unpaired) electrons. The number of carbonyl (C=O) groups excluding carboxylic acids is 2. The summed E-state index contributed by atoms with van der Waals surface area (Å²) >= 11 is 2.63. The first kappa shape index (κ1) is 33.9. The van der Waals surface area contributed by atoms with E-state index in [1.54, 1.807) is 18.2 Å². The minimum Gasteiger partial charge on any atom is -0.507 e. The normalized spacial score (nSPS) is 15.6. The predicted molar refractivity (Wildman–Crippen MR) is 189 cm³/mol. The quantitative estimate of drug-likeness (QED) is 0.0324. The zero-order chi connectivity index (χ0) is 34.5. The second-order valence-electron chi connectivity index (χ2n) is 11.3. The summed E-state index contributed by atoms with van der Waals surface area (Å²) in [5.41, 5.74) is 1.35. The number of hydrogen-bond donors (Lipinski definition) is 1. The highest BCUT2D eigenvalue weighted by Crippen LogP contribution is 2.46. The maximum Gasteiger partial charge on any atom is 0.301 e. The molecule has 1 N–H and O–H groups in total. The van der Waals surface area contributed by atoms with Crippen molar-refractivity contribution >= 4 is 56.5 Å². The molecule has 1 atom stereocenters. The number of amides is 1. The molecule has 6 rings (SSSR count). The summed E-state index contributed by atoms with van der Waals surface area (Å²) in [6.07, 6.45) is 2.94. The van der Waals surface area contributed by atoms with Crippen LogP contribution in [0.1, 0.15) is 48.9 Å². The molecule has 5 aromatic rings. The van der Waals surface area contributed by atoms with Gasteiger partial charge in [-0.05, 0) is 58.7 Å². The number of aliphatic hydroxyl groups is 1. The number of methoxy groups -OCH3 is 2. The Kier molecular flexibility index (Phi) is 10.4. The van der Waals surface area contributed by atoms with E-state index in [1.807, 2.05) is 18.2 Å². The summed E-state index contributed by atoms with van der Waals surface area (Å²) in [7, 11) is 2.82. The van der Waals surface area contributed by atoms with Gasteiger partial charge in [-0.3, -0.25) is 14.5 Å². The number of thioether (sulfide) groups is 1. The average Bonchev–Trinajstić information content (AvgIpc) is 3.70. The van der Waals surface area contributed by atoms with Crippen molar-refractivity contribution in [3.8, 4) is 17.2 Å². The molecule has 1 aliphatic heterocycles. The summed E-state index contributed by atoms with van der Waals surface area (Å²) < 4.78 is 32.0. The number of halogens is 1.